The second kappa shape index (κ2) is 8.58. The molecule has 2 atom stereocenters. The van der Waals surface area contributed by atoms with Gasteiger partial charge in [-0.1, -0.05) is 45.4 Å². The average molecular weight is 358 g/mol. The van der Waals surface area contributed by atoms with Crippen LogP contribution in [0.2, 0.25) is 0 Å². The van der Waals surface area contributed by atoms with Gasteiger partial charge in [-0.3, -0.25) is 0 Å². The number of fused-ring (bicyclic) bond motifs is 1. The van der Waals surface area contributed by atoms with Crippen LogP contribution in [0.15, 0.2) is 28.7 Å². The van der Waals surface area contributed by atoms with Gasteiger partial charge in [0.25, 0.3) is 0 Å². The number of unbranched alkanes of at least 4 members (excludes halogenated alkanes) is 1. The van der Waals surface area contributed by atoms with Gasteiger partial charge < -0.3 is 14.5 Å². The molecule has 1 fully saturated rings. The summed E-state index contributed by atoms with van der Waals surface area (Å²) in [6.45, 7) is 9.80. The lowest BCUT2D eigenvalue weighted by Gasteiger charge is -2.31. The van der Waals surface area contributed by atoms with Crippen LogP contribution in [0, 0.1) is 5.92 Å². The lowest BCUT2D eigenvalue weighted by Crippen LogP contribution is -2.33. The Hall–Kier alpha value is -1.32. The molecule has 1 aromatic heterocycles. The molecule has 2 heterocycles. The highest BCUT2D eigenvalue weighted by molar-refractivity contribution is 5.82. The monoisotopic (exact) mass is 357 g/mol. The Morgan fingerprint density at radius 3 is 2.81 bits per heavy atom. The van der Waals surface area contributed by atoms with Gasteiger partial charge in [-0.05, 0) is 62.2 Å². The van der Waals surface area contributed by atoms with Crippen LogP contribution in [0.25, 0.3) is 11.0 Å². The molecule has 3 rings (SSSR count). The van der Waals surface area contributed by atoms with Crippen molar-refractivity contribution in [2.45, 2.75) is 64.2 Å². The van der Waals surface area contributed by atoms with Crippen molar-refractivity contribution in [1.82, 2.24) is 5.32 Å². The van der Waals surface area contributed by atoms with E-state index >= 15 is 0 Å². The Morgan fingerprint density at radius 2 is 2.12 bits per heavy atom. The Morgan fingerprint density at radius 1 is 1.27 bits per heavy atom. The second-order valence-corrected chi connectivity index (χ2v) is 8.83. The molecule has 1 aliphatic rings. The molecular weight excluding hydrogens is 322 g/mol. The largest absolute Gasteiger partial charge is 0.460 e. The zero-order valence-corrected chi connectivity index (χ0v) is 16.9. The van der Waals surface area contributed by atoms with E-state index in [9.17, 15) is 0 Å². The Balaban J connectivity index is 1.92. The van der Waals surface area contributed by atoms with Crippen molar-refractivity contribution >= 4 is 11.0 Å². The normalized spacial score (nSPS) is 19.8. The lowest BCUT2D eigenvalue weighted by molar-refractivity contribution is 0.189. The molecule has 3 heteroatoms. The molecule has 1 aromatic carbocycles. The van der Waals surface area contributed by atoms with Gasteiger partial charge in [0.05, 0.1) is 0 Å². The van der Waals surface area contributed by atoms with Gasteiger partial charge in [-0.2, -0.15) is 0 Å². The molecule has 0 aliphatic carbocycles. The highest BCUT2D eigenvalue weighted by Crippen LogP contribution is 2.39. The Labute approximate surface area is 158 Å². The molecule has 0 bridgehead atoms. The molecule has 26 heavy (non-hydrogen) atoms. The van der Waals surface area contributed by atoms with E-state index in [2.05, 4.69) is 50.4 Å². The minimum atomic E-state index is 0.0383. The smallest absolute Gasteiger partial charge is 0.137 e. The van der Waals surface area contributed by atoms with Crippen molar-refractivity contribution in [2.24, 2.45) is 5.92 Å². The molecule has 0 radical (unpaired) electrons. The molecular formula is C23H35NO2. The number of nitrogens with one attached hydrogen (secondary N) is 1. The van der Waals surface area contributed by atoms with Crippen LogP contribution < -0.4 is 5.32 Å². The summed E-state index contributed by atoms with van der Waals surface area (Å²) in [5.74, 6) is 2.34. The Bertz CT molecular complexity index is 692. The van der Waals surface area contributed by atoms with E-state index in [0.29, 0.717) is 11.8 Å². The number of ether oxygens (including phenoxy) is 1. The van der Waals surface area contributed by atoms with Crippen molar-refractivity contribution < 1.29 is 9.15 Å². The van der Waals surface area contributed by atoms with E-state index < -0.39 is 0 Å². The van der Waals surface area contributed by atoms with E-state index in [1.807, 2.05) is 0 Å². The topological polar surface area (TPSA) is 34.4 Å². The molecule has 1 N–H and O–H groups in total. The van der Waals surface area contributed by atoms with Crippen molar-refractivity contribution in [3.63, 3.8) is 0 Å². The van der Waals surface area contributed by atoms with Gasteiger partial charge in [-0.15, -0.1) is 0 Å². The number of hydrogen-bond acceptors (Lipinski definition) is 3. The quantitative estimate of drug-likeness (QED) is 0.652. The summed E-state index contributed by atoms with van der Waals surface area (Å²) in [5.41, 5.74) is 2.56. The molecule has 0 saturated carbocycles. The van der Waals surface area contributed by atoms with Crippen molar-refractivity contribution in [2.75, 3.05) is 26.8 Å². The van der Waals surface area contributed by atoms with Gasteiger partial charge in [0.2, 0.25) is 0 Å². The molecule has 1 saturated heterocycles. The minimum Gasteiger partial charge on any atom is -0.460 e. The zero-order chi connectivity index (χ0) is 18.6. The average Bonchev–Trinajstić information content (AvgIpc) is 3.08. The van der Waals surface area contributed by atoms with Gasteiger partial charge >= 0.3 is 0 Å². The molecule has 0 amide bonds. The number of methoxy groups -OCH3 is 1. The predicted molar refractivity (Wildman–Crippen MR) is 109 cm³/mol. The number of piperidine rings is 1. The number of para-hydroxylation sites is 1. The predicted octanol–water partition coefficient (Wildman–Crippen LogP) is 5.63. The summed E-state index contributed by atoms with van der Waals surface area (Å²) in [5, 5.41) is 4.86. The maximum absolute atomic E-state index is 6.42. The first-order chi connectivity index (χ1) is 12.5. The van der Waals surface area contributed by atoms with E-state index in [4.69, 9.17) is 9.15 Å². The third-order valence-electron chi connectivity index (χ3n) is 5.73. The van der Waals surface area contributed by atoms with E-state index in [0.717, 1.165) is 37.5 Å². The first-order valence-electron chi connectivity index (χ1n) is 10.2. The summed E-state index contributed by atoms with van der Waals surface area (Å²) >= 11 is 0. The molecule has 0 spiro atoms. The van der Waals surface area contributed by atoms with Crippen molar-refractivity contribution in [3.8, 4) is 0 Å². The summed E-state index contributed by atoms with van der Waals surface area (Å²) < 4.78 is 11.7. The number of furan rings is 1. The minimum absolute atomic E-state index is 0.0383. The highest BCUT2D eigenvalue weighted by Gasteiger charge is 2.28. The van der Waals surface area contributed by atoms with E-state index in [-0.39, 0.29) is 5.41 Å². The van der Waals surface area contributed by atoms with Crippen molar-refractivity contribution in [1.29, 1.82) is 0 Å². The summed E-state index contributed by atoms with van der Waals surface area (Å²) in [4.78, 5) is 0. The zero-order valence-electron chi connectivity index (χ0n) is 16.9. The van der Waals surface area contributed by atoms with Gasteiger partial charge in [0.15, 0.2) is 0 Å². The van der Waals surface area contributed by atoms with Crippen LogP contribution in [-0.2, 0) is 10.2 Å². The second-order valence-electron chi connectivity index (χ2n) is 8.83. The summed E-state index contributed by atoms with van der Waals surface area (Å²) in [6, 6.07) is 8.94. The number of rotatable bonds is 7. The third-order valence-corrected chi connectivity index (χ3v) is 5.73. The summed E-state index contributed by atoms with van der Waals surface area (Å²) in [6.07, 6.45) is 6.14. The van der Waals surface area contributed by atoms with E-state index in [1.165, 1.54) is 36.6 Å². The molecule has 3 nitrogen and oxygen atoms in total. The third kappa shape index (κ3) is 4.50. The first kappa shape index (κ1) is 19.4. The summed E-state index contributed by atoms with van der Waals surface area (Å²) in [7, 11) is 1.79. The Kier molecular flexibility index (Phi) is 6.42. The van der Waals surface area contributed by atoms with Crippen LogP contribution in [0.1, 0.15) is 70.1 Å². The fraction of sp³-hybridized carbons (Fsp3) is 0.652. The van der Waals surface area contributed by atoms with Gasteiger partial charge in [0.1, 0.15) is 11.3 Å². The molecule has 0 unspecified atom stereocenters. The van der Waals surface area contributed by atoms with Crippen LogP contribution in [0.4, 0.5) is 0 Å². The fourth-order valence-electron chi connectivity index (χ4n) is 4.23. The van der Waals surface area contributed by atoms with Gasteiger partial charge in [0, 0.05) is 24.5 Å². The van der Waals surface area contributed by atoms with Crippen LogP contribution in [0.5, 0.6) is 0 Å². The van der Waals surface area contributed by atoms with Crippen LogP contribution in [0.3, 0.4) is 0 Å². The first-order valence-corrected chi connectivity index (χ1v) is 10.2. The van der Waals surface area contributed by atoms with Gasteiger partial charge in [-0.25, -0.2) is 0 Å². The SMILES string of the molecule is COCCCC[C@H](c1cccc2cc(C(C)(C)C)oc12)[C@H]1CCCNC1. The standard InChI is InChI=1S/C23H35NO2/c1-23(2,3)21-15-17-9-7-12-20(22(17)26-21)19(11-5-6-14-25-4)18-10-8-13-24-16-18/h7,9,12,15,18-19,24H,5-6,8,10-11,13-14,16H2,1-4H3/t18-,19-/m0/s1. The highest BCUT2D eigenvalue weighted by atomic mass is 16.5. The maximum atomic E-state index is 6.42. The number of benzene rings is 1. The molecule has 144 valence electrons. The fourth-order valence-corrected chi connectivity index (χ4v) is 4.23. The molecule has 2 aromatic rings. The van der Waals surface area contributed by atoms with E-state index in [1.54, 1.807) is 7.11 Å². The number of hydrogen-bond donors (Lipinski definition) is 1. The maximum Gasteiger partial charge on any atom is 0.137 e. The van der Waals surface area contributed by atoms with Crippen LogP contribution >= 0.6 is 0 Å². The van der Waals surface area contributed by atoms with Crippen LogP contribution in [-0.4, -0.2) is 26.8 Å². The lowest BCUT2D eigenvalue weighted by atomic mass is 9.78. The molecule has 1 aliphatic heterocycles. The van der Waals surface area contributed by atoms with Crippen molar-refractivity contribution in [3.05, 3.63) is 35.6 Å².